The van der Waals surface area contributed by atoms with Gasteiger partial charge in [0.25, 0.3) is 0 Å². The van der Waals surface area contributed by atoms with E-state index in [4.69, 9.17) is 4.74 Å². The second kappa shape index (κ2) is 10.5. The molecule has 0 spiro atoms. The quantitative estimate of drug-likeness (QED) is 0.585. The topological polar surface area (TPSA) is 42.0 Å². The lowest BCUT2D eigenvalue weighted by molar-refractivity contribution is -0.274. The molecule has 1 amide bonds. The van der Waals surface area contributed by atoms with Crippen LogP contribution in [0.15, 0.2) is 48.5 Å². The molecule has 0 saturated carbocycles. The predicted molar refractivity (Wildman–Crippen MR) is 106 cm³/mol. The van der Waals surface area contributed by atoms with Gasteiger partial charge in [-0.2, -0.15) is 0 Å². The molecule has 2 aromatic rings. The highest BCUT2D eigenvalue weighted by Gasteiger charge is 2.32. The SMILES string of the molecule is O=C(CCc1ccccc1OC(F)(F)F)N1CCN(CCOc2ccccc2F)CC1. The molecule has 1 heterocycles. The van der Waals surface area contributed by atoms with E-state index >= 15 is 0 Å². The number of alkyl halides is 3. The van der Waals surface area contributed by atoms with Gasteiger partial charge < -0.3 is 14.4 Å². The van der Waals surface area contributed by atoms with Crippen LogP contribution in [-0.2, 0) is 11.2 Å². The molecule has 0 unspecified atom stereocenters. The molecule has 3 rings (SSSR count). The van der Waals surface area contributed by atoms with Gasteiger partial charge in [-0.25, -0.2) is 4.39 Å². The summed E-state index contributed by atoms with van der Waals surface area (Å²) in [6.45, 7) is 3.31. The lowest BCUT2D eigenvalue weighted by Crippen LogP contribution is -2.49. The summed E-state index contributed by atoms with van der Waals surface area (Å²) in [6, 6.07) is 12.1. The maximum Gasteiger partial charge on any atom is 0.573 e. The first kappa shape index (κ1) is 22.9. The lowest BCUT2D eigenvalue weighted by atomic mass is 10.1. The van der Waals surface area contributed by atoms with E-state index in [-0.39, 0.29) is 30.2 Å². The zero-order valence-corrected chi connectivity index (χ0v) is 16.9. The maximum absolute atomic E-state index is 13.6. The van der Waals surface area contributed by atoms with Crippen molar-refractivity contribution < 1.29 is 31.8 Å². The summed E-state index contributed by atoms with van der Waals surface area (Å²) in [6.07, 6.45) is -4.50. The number of para-hydroxylation sites is 2. The molecule has 1 aliphatic heterocycles. The number of carbonyl (C=O) groups excluding carboxylic acids is 1. The van der Waals surface area contributed by atoms with Crippen LogP contribution in [0.25, 0.3) is 0 Å². The minimum atomic E-state index is -4.77. The van der Waals surface area contributed by atoms with Gasteiger partial charge in [-0.1, -0.05) is 30.3 Å². The van der Waals surface area contributed by atoms with E-state index < -0.39 is 12.2 Å². The third-order valence-corrected chi connectivity index (χ3v) is 5.03. The highest BCUT2D eigenvalue weighted by molar-refractivity contribution is 5.76. The molecule has 31 heavy (non-hydrogen) atoms. The molecule has 1 fully saturated rings. The Hall–Kier alpha value is -2.81. The van der Waals surface area contributed by atoms with Crippen molar-refractivity contribution in [2.75, 3.05) is 39.3 Å². The first-order valence-corrected chi connectivity index (χ1v) is 10.0. The third-order valence-electron chi connectivity index (χ3n) is 5.03. The van der Waals surface area contributed by atoms with Gasteiger partial charge in [0.2, 0.25) is 5.91 Å². The van der Waals surface area contributed by atoms with Crippen molar-refractivity contribution in [2.24, 2.45) is 0 Å². The van der Waals surface area contributed by atoms with Crippen LogP contribution in [-0.4, -0.2) is 61.4 Å². The average molecular weight is 440 g/mol. The zero-order chi connectivity index (χ0) is 22.3. The lowest BCUT2D eigenvalue weighted by Gasteiger charge is -2.34. The minimum absolute atomic E-state index is 0.106. The van der Waals surface area contributed by atoms with Crippen LogP contribution in [0, 0.1) is 5.82 Å². The van der Waals surface area contributed by atoms with Gasteiger partial charge in [0.15, 0.2) is 11.6 Å². The van der Waals surface area contributed by atoms with Crippen molar-refractivity contribution in [2.45, 2.75) is 19.2 Å². The van der Waals surface area contributed by atoms with Gasteiger partial charge in [-0.3, -0.25) is 9.69 Å². The predicted octanol–water partition coefficient (Wildman–Crippen LogP) is 3.88. The second-order valence-corrected chi connectivity index (χ2v) is 7.16. The zero-order valence-electron chi connectivity index (χ0n) is 16.9. The van der Waals surface area contributed by atoms with E-state index in [1.807, 2.05) is 0 Å². The van der Waals surface area contributed by atoms with Crippen molar-refractivity contribution in [3.8, 4) is 11.5 Å². The Balaban J connectivity index is 1.40. The Kier molecular flexibility index (Phi) is 7.73. The van der Waals surface area contributed by atoms with Gasteiger partial charge in [0, 0.05) is 39.1 Å². The number of hydrogen-bond donors (Lipinski definition) is 0. The fourth-order valence-corrected chi connectivity index (χ4v) is 3.40. The molecule has 1 aliphatic rings. The van der Waals surface area contributed by atoms with Crippen molar-refractivity contribution in [3.63, 3.8) is 0 Å². The largest absolute Gasteiger partial charge is 0.573 e. The molecule has 0 bridgehead atoms. The van der Waals surface area contributed by atoms with E-state index in [0.29, 0.717) is 44.9 Å². The second-order valence-electron chi connectivity index (χ2n) is 7.16. The number of hydrogen-bond acceptors (Lipinski definition) is 4. The fraction of sp³-hybridized carbons (Fsp3) is 0.409. The summed E-state index contributed by atoms with van der Waals surface area (Å²) in [5, 5.41) is 0. The first-order chi connectivity index (χ1) is 14.8. The van der Waals surface area contributed by atoms with Gasteiger partial charge >= 0.3 is 6.36 Å². The third kappa shape index (κ3) is 7.13. The number of rotatable bonds is 8. The van der Waals surface area contributed by atoms with Crippen molar-refractivity contribution >= 4 is 5.91 Å². The number of halogens is 4. The Morgan fingerprint density at radius 3 is 2.26 bits per heavy atom. The van der Waals surface area contributed by atoms with Crippen molar-refractivity contribution in [1.82, 2.24) is 9.80 Å². The van der Waals surface area contributed by atoms with Crippen molar-refractivity contribution in [1.29, 1.82) is 0 Å². The van der Waals surface area contributed by atoms with Crippen LogP contribution in [0.5, 0.6) is 11.5 Å². The monoisotopic (exact) mass is 440 g/mol. The summed E-state index contributed by atoms with van der Waals surface area (Å²) in [5.74, 6) is -0.572. The van der Waals surface area contributed by atoms with E-state index in [1.165, 1.54) is 24.3 Å². The summed E-state index contributed by atoms with van der Waals surface area (Å²) < 4.78 is 60.6. The molecule has 1 saturated heterocycles. The fourth-order valence-electron chi connectivity index (χ4n) is 3.40. The highest BCUT2D eigenvalue weighted by atomic mass is 19.4. The number of aryl methyl sites for hydroxylation is 1. The summed E-state index contributed by atoms with van der Waals surface area (Å²) >= 11 is 0. The van der Waals surface area contributed by atoms with Gasteiger partial charge in [0.1, 0.15) is 12.4 Å². The van der Waals surface area contributed by atoms with Crippen molar-refractivity contribution in [3.05, 3.63) is 59.9 Å². The number of nitrogens with zero attached hydrogens (tertiary/aromatic N) is 2. The van der Waals surface area contributed by atoms with Crippen LogP contribution in [0.3, 0.4) is 0 Å². The van der Waals surface area contributed by atoms with Crippen LogP contribution in [0.1, 0.15) is 12.0 Å². The standard InChI is InChI=1S/C22H24F4N2O3/c23-18-6-2-4-8-20(18)30-16-15-27-11-13-28(14-12-27)21(29)10-9-17-5-1-3-7-19(17)31-22(24,25)26/h1-8H,9-16H2. The Morgan fingerprint density at radius 2 is 1.58 bits per heavy atom. The van der Waals surface area contributed by atoms with Crippen LogP contribution < -0.4 is 9.47 Å². The number of piperazine rings is 1. The van der Waals surface area contributed by atoms with E-state index in [1.54, 1.807) is 29.2 Å². The molecule has 0 atom stereocenters. The van der Waals surface area contributed by atoms with Gasteiger partial charge in [-0.05, 0) is 30.2 Å². The summed E-state index contributed by atoms with van der Waals surface area (Å²) in [4.78, 5) is 16.3. The van der Waals surface area contributed by atoms with E-state index in [0.717, 1.165) is 0 Å². The summed E-state index contributed by atoms with van der Waals surface area (Å²) in [5.41, 5.74) is 0.345. The molecule has 9 heteroatoms. The number of carbonyl (C=O) groups is 1. The van der Waals surface area contributed by atoms with E-state index in [2.05, 4.69) is 9.64 Å². The maximum atomic E-state index is 13.6. The molecule has 5 nitrogen and oxygen atoms in total. The molecular weight excluding hydrogens is 416 g/mol. The average Bonchev–Trinajstić information content (AvgIpc) is 2.74. The van der Waals surface area contributed by atoms with Gasteiger partial charge in [0.05, 0.1) is 0 Å². The molecule has 2 aromatic carbocycles. The number of ether oxygens (including phenoxy) is 2. The molecule has 168 valence electrons. The molecule has 0 aliphatic carbocycles. The van der Waals surface area contributed by atoms with Crippen LogP contribution in [0.4, 0.5) is 17.6 Å². The van der Waals surface area contributed by atoms with Gasteiger partial charge in [-0.15, -0.1) is 13.2 Å². The molecule has 0 aromatic heterocycles. The Labute approximate surface area is 178 Å². The Morgan fingerprint density at radius 1 is 0.935 bits per heavy atom. The summed E-state index contributed by atoms with van der Waals surface area (Å²) in [7, 11) is 0. The minimum Gasteiger partial charge on any atom is -0.489 e. The van der Waals surface area contributed by atoms with Crippen LogP contribution in [0.2, 0.25) is 0 Å². The normalized spacial score (nSPS) is 15.0. The Bertz CT molecular complexity index is 868. The molecule has 0 N–H and O–H groups in total. The number of amides is 1. The first-order valence-electron chi connectivity index (χ1n) is 10.0. The molecule has 0 radical (unpaired) electrons. The highest BCUT2D eigenvalue weighted by Crippen LogP contribution is 2.27. The smallest absolute Gasteiger partial charge is 0.489 e. The number of benzene rings is 2. The molecular formula is C22H24F4N2O3. The van der Waals surface area contributed by atoms with E-state index in [9.17, 15) is 22.4 Å². The van der Waals surface area contributed by atoms with Crippen LogP contribution >= 0.6 is 0 Å².